The summed E-state index contributed by atoms with van der Waals surface area (Å²) in [7, 11) is 0. The van der Waals surface area contributed by atoms with Crippen molar-refractivity contribution in [2.45, 2.75) is 0 Å². The van der Waals surface area contributed by atoms with E-state index in [9.17, 15) is 11.0 Å². The Morgan fingerprint density at radius 2 is 0.800 bits per heavy atom. The lowest BCUT2D eigenvalue weighted by Gasteiger charge is -2.26. The maximum Gasteiger partial charge on any atom is 0.0645 e. The highest BCUT2D eigenvalue weighted by atomic mass is 15.1. The lowest BCUT2D eigenvalue weighted by Crippen LogP contribution is -2.09. The highest BCUT2D eigenvalue weighted by molar-refractivity contribution is 6.13. The molecule has 0 amide bonds. The second-order valence-electron chi connectivity index (χ2n) is 13.5. The standard InChI is InChI=1S/C54H37N/c1-2-12-38(13-3-1)39-24-30-46(31-25-39)55(48-34-28-42(29-35-48)54-37-45-15-5-7-20-51(45)52-21-8-9-22-53(52)54)47-32-26-40(27-33-47)43-17-10-18-44(36-43)50-23-11-16-41-14-4-6-19-49(41)50/h1-37H/i24D,25D,26D,27D,30D,31D,32D,33D. The molecule has 1 heteroatoms. The smallest absolute Gasteiger partial charge is 0.0645 e. The third-order valence-corrected chi connectivity index (χ3v) is 10.2. The Morgan fingerprint density at radius 3 is 1.53 bits per heavy atom. The third kappa shape index (κ3) is 6.12. The Bertz CT molecular complexity index is 3380. The number of anilines is 3. The molecular weight excluding hydrogens is 663 g/mol. The molecule has 0 atom stereocenters. The summed E-state index contributed by atoms with van der Waals surface area (Å²) < 4.78 is 75.4. The van der Waals surface area contributed by atoms with Gasteiger partial charge in [0.1, 0.15) is 0 Å². The number of hydrogen-bond acceptors (Lipinski definition) is 1. The molecule has 0 bridgehead atoms. The summed E-state index contributed by atoms with van der Waals surface area (Å²) in [6.07, 6.45) is 0. The Kier molecular flexibility index (Phi) is 6.33. The van der Waals surface area contributed by atoms with E-state index in [4.69, 9.17) is 0 Å². The van der Waals surface area contributed by atoms with E-state index in [0.29, 0.717) is 16.8 Å². The molecular formula is C54H37N. The van der Waals surface area contributed by atoms with E-state index in [1.165, 1.54) is 4.90 Å². The van der Waals surface area contributed by atoms with Crippen LogP contribution in [0.25, 0.3) is 76.8 Å². The van der Waals surface area contributed by atoms with Gasteiger partial charge in [0, 0.05) is 17.1 Å². The van der Waals surface area contributed by atoms with Crippen LogP contribution in [0, 0.1) is 0 Å². The molecule has 258 valence electrons. The summed E-state index contributed by atoms with van der Waals surface area (Å²) in [5.41, 5.74) is 4.86. The van der Waals surface area contributed by atoms with Crippen LogP contribution in [0.3, 0.4) is 0 Å². The second kappa shape index (κ2) is 14.0. The van der Waals surface area contributed by atoms with Crippen molar-refractivity contribution in [1.82, 2.24) is 0 Å². The van der Waals surface area contributed by atoms with Crippen molar-refractivity contribution in [3.8, 4) is 44.5 Å². The highest BCUT2D eigenvalue weighted by Gasteiger charge is 2.15. The molecule has 0 aromatic heterocycles. The van der Waals surface area contributed by atoms with Crippen molar-refractivity contribution in [2.75, 3.05) is 4.90 Å². The molecule has 55 heavy (non-hydrogen) atoms. The number of benzene rings is 10. The summed E-state index contributed by atoms with van der Waals surface area (Å²) in [4.78, 5) is 1.36. The van der Waals surface area contributed by atoms with E-state index in [1.807, 2.05) is 103 Å². The average molecular weight is 708 g/mol. The zero-order valence-corrected chi connectivity index (χ0v) is 29.7. The van der Waals surface area contributed by atoms with Crippen LogP contribution in [0.15, 0.2) is 224 Å². The van der Waals surface area contributed by atoms with Crippen molar-refractivity contribution >= 4 is 49.4 Å². The number of fused-ring (bicyclic) bond motifs is 4. The largest absolute Gasteiger partial charge is 0.311 e. The van der Waals surface area contributed by atoms with Gasteiger partial charge in [0.2, 0.25) is 0 Å². The van der Waals surface area contributed by atoms with Crippen LogP contribution < -0.4 is 4.90 Å². The van der Waals surface area contributed by atoms with Crippen LogP contribution in [0.4, 0.5) is 17.1 Å². The van der Waals surface area contributed by atoms with Crippen LogP contribution in [0.1, 0.15) is 11.0 Å². The maximum atomic E-state index is 9.60. The molecule has 0 unspecified atom stereocenters. The van der Waals surface area contributed by atoms with Gasteiger partial charge in [0.05, 0.1) is 11.0 Å². The summed E-state index contributed by atoms with van der Waals surface area (Å²) in [6.45, 7) is 0. The Labute approximate surface area is 333 Å². The molecule has 10 aromatic carbocycles. The first-order chi connectivity index (χ1) is 30.6. The zero-order valence-electron chi connectivity index (χ0n) is 37.7. The van der Waals surface area contributed by atoms with Crippen LogP contribution >= 0.6 is 0 Å². The molecule has 0 saturated carbocycles. The van der Waals surface area contributed by atoms with Crippen molar-refractivity contribution in [3.63, 3.8) is 0 Å². The van der Waals surface area contributed by atoms with Gasteiger partial charge in [-0.2, -0.15) is 0 Å². The first-order valence-electron chi connectivity index (χ1n) is 22.3. The lowest BCUT2D eigenvalue weighted by molar-refractivity contribution is 1.28. The van der Waals surface area contributed by atoms with Gasteiger partial charge >= 0.3 is 0 Å². The van der Waals surface area contributed by atoms with E-state index < -0.39 is 12.1 Å². The van der Waals surface area contributed by atoms with E-state index >= 15 is 0 Å². The van der Waals surface area contributed by atoms with Gasteiger partial charge < -0.3 is 4.90 Å². The molecule has 0 heterocycles. The molecule has 0 N–H and O–H groups in total. The van der Waals surface area contributed by atoms with Crippen molar-refractivity contribution in [1.29, 1.82) is 0 Å². The first kappa shape index (κ1) is 24.9. The minimum atomic E-state index is -0.393. The number of rotatable bonds is 7. The summed E-state index contributed by atoms with van der Waals surface area (Å²) in [5.74, 6) is 0. The molecule has 10 rings (SSSR count). The molecule has 0 saturated heterocycles. The third-order valence-electron chi connectivity index (χ3n) is 10.2. The van der Waals surface area contributed by atoms with Crippen LogP contribution in [-0.2, 0) is 0 Å². The molecule has 0 aliphatic carbocycles. The van der Waals surface area contributed by atoms with E-state index in [-0.39, 0.29) is 58.8 Å². The average Bonchev–Trinajstić information content (AvgIpc) is 3.32. The van der Waals surface area contributed by atoms with Gasteiger partial charge in [-0.05, 0) is 125 Å². The molecule has 0 spiro atoms. The van der Waals surface area contributed by atoms with Gasteiger partial charge in [0.15, 0.2) is 0 Å². The van der Waals surface area contributed by atoms with Crippen molar-refractivity contribution < 1.29 is 11.0 Å². The van der Waals surface area contributed by atoms with Gasteiger partial charge in [-0.25, -0.2) is 0 Å². The van der Waals surface area contributed by atoms with Crippen molar-refractivity contribution in [2.24, 2.45) is 0 Å². The Balaban J connectivity index is 1.18. The highest BCUT2D eigenvalue weighted by Crippen LogP contribution is 2.40. The zero-order chi connectivity index (χ0) is 43.5. The second-order valence-corrected chi connectivity index (χ2v) is 13.5. The summed E-state index contributed by atoms with van der Waals surface area (Å²) in [5, 5.41) is 6.47. The fourth-order valence-corrected chi connectivity index (χ4v) is 7.50. The van der Waals surface area contributed by atoms with Crippen molar-refractivity contribution in [3.05, 3.63) is 224 Å². The van der Waals surface area contributed by atoms with Gasteiger partial charge in [-0.1, -0.05) is 176 Å². The van der Waals surface area contributed by atoms with Crippen LogP contribution in [-0.4, -0.2) is 0 Å². The molecule has 10 aromatic rings. The summed E-state index contributed by atoms with van der Waals surface area (Å²) >= 11 is 0. The van der Waals surface area contributed by atoms with Crippen LogP contribution in [0.5, 0.6) is 0 Å². The van der Waals surface area contributed by atoms with E-state index in [2.05, 4.69) is 30.3 Å². The van der Waals surface area contributed by atoms with E-state index in [1.54, 1.807) is 42.5 Å². The van der Waals surface area contributed by atoms with Gasteiger partial charge in [0.25, 0.3) is 0 Å². The number of nitrogens with zero attached hydrogens (tertiary/aromatic N) is 1. The molecule has 0 aliphatic heterocycles. The molecule has 1 nitrogen and oxygen atoms in total. The van der Waals surface area contributed by atoms with E-state index in [0.717, 1.165) is 54.6 Å². The molecule has 0 fully saturated rings. The monoisotopic (exact) mass is 707 g/mol. The Hall–Kier alpha value is -7.22. The molecule has 0 aliphatic rings. The normalized spacial score (nSPS) is 13.3. The number of hydrogen-bond donors (Lipinski definition) is 0. The Morgan fingerprint density at radius 1 is 0.273 bits per heavy atom. The quantitative estimate of drug-likeness (QED) is 0.149. The van der Waals surface area contributed by atoms with Crippen LogP contribution in [0.2, 0.25) is 0 Å². The topological polar surface area (TPSA) is 3.24 Å². The molecule has 0 radical (unpaired) electrons. The fourth-order valence-electron chi connectivity index (χ4n) is 7.50. The minimum Gasteiger partial charge on any atom is -0.311 e. The van der Waals surface area contributed by atoms with Gasteiger partial charge in [-0.15, -0.1) is 0 Å². The lowest BCUT2D eigenvalue weighted by atomic mass is 9.93. The van der Waals surface area contributed by atoms with Gasteiger partial charge in [-0.3, -0.25) is 0 Å². The predicted octanol–water partition coefficient (Wildman–Crippen LogP) is 15.3. The SMILES string of the molecule is [2H]c1c([2H])c(N(c2ccc(-c3cc4ccccc4c4ccccc34)cc2)c2c([2H])c([2H])c(-c3cccc(-c4cccc5ccccc45)c3)c([2H])c2[2H])c([2H])c([2H])c1-c1ccccc1. The first-order valence-corrected chi connectivity index (χ1v) is 18.3. The minimum absolute atomic E-state index is 0.105. The predicted molar refractivity (Wildman–Crippen MR) is 235 cm³/mol. The fraction of sp³-hybridized carbons (Fsp3) is 0. The summed E-state index contributed by atoms with van der Waals surface area (Å²) in [6, 6.07) is 53.5. The maximum absolute atomic E-state index is 9.60.